The molecule has 0 saturated carbocycles. The summed E-state index contributed by atoms with van der Waals surface area (Å²) in [5, 5.41) is 14.9. The molecular weight excluding hydrogens is 250 g/mol. The normalized spacial score (nSPS) is 10.2. The minimum Gasteiger partial charge on any atom is -0.481 e. The molecule has 0 unspecified atom stereocenters. The first kappa shape index (κ1) is 14.9. The van der Waals surface area contributed by atoms with E-state index in [2.05, 4.69) is 10.4 Å². The number of aryl methyl sites for hydroxylation is 2. The molecule has 7 nitrogen and oxygen atoms in total. The zero-order chi connectivity index (χ0) is 14.4. The maximum atomic E-state index is 11.8. The molecule has 0 radical (unpaired) electrons. The van der Waals surface area contributed by atoms with Crippen LogP contribution in [0.2, 0.25) is 0 Å². The van der Waals surface area contributed by atoms with E-state index in [1.165, 1.54) is 4.68 Å². The van der Waals surface area contributed by atoms with Crippen LogP contribution in [0.3, 0.4) is 0 Å². The first-order chi connectivity index (χ1) is 8.90. The highest BCUT2D eigenvalue weighted by Crippen LogP contribution is 2.05. The first-order valence-electron chi connectivity index (χ1n) is 5.92. The topological polar surface area (TPSA) is 101 Å². The van der Waals surface area contributed by atoms with Gasteiger partial charge in [0.25, 0.3) is 0 Å². The molecule has 104 valence electrons. The highest BCUT2D eigenvalue weighted by atomic mass is 16.4. The van der Waals surface area contributed by atoms with Gasteiger partial charge >= 0.3 is 5.97 Å². The molecule has 0 saturated heterocycles. The van der Waals surface area contributed by atoms with Gasteiger partial charge in [0.2, 0.25) is 5.91 Å². The summed E-state index contributed by atoms with van der Waals surface area (Å²) in [7, 11) is 1.72. The lowest BCUT2D eigenvalue weighted by atomic mass is 10.1. The summed E-state index contributed by atoms with van der Waals surface area (Å²) in [6.07, 6.45) is 1.92. The summed E-state index contributed by atoms with van der Waals surface area (Å²) >= 11 is 0. The summed E-state index contributed by atoms with van der Waals surface area (Å²) < 4.78 is 1.54. The number of ketones is 1. The predicted molar refractivity (Wildman–Crippen MR) is 66.8 cm³/mol. The second kappa shape index (κ2) is 6.67. The van der Waals surface area contributed by atoms with Crippen molar-refractivity contribution in [2.24, 2.45) is 7.05 Å². The second-order valence-corrected chi connectivity index (χ2v) is 4.25. The number of carbonyl (C=O) groups is 3. The van der Waals surface area contributed by atoms with E-state index in [1.807, 2.05) is 0 Å². The molecule has 1 heterocycles. The van der Waals surface area contributed by atoms with Gasteiger partial charge in [0.15, 0.2) is 5.78 Å². The van der Waals surface area contributed by atoms with Crippen LogP contribution in [0.25, 0.3) is 0 Å². The molecule has 1 rings (SSSR count). The number of carbonyl (C=O) groups excluding carboxylic acids is 2. The predicted octanol–water partition coefficient (Wildman–Crippen LogP) is 0.282. The lowest BCUT2D eigenvalue weighted by Crippen LogP contribution is -2.29. The lowest BCUT2D eigenvalue weighted by Gasteiger charge is -2.03. The van der Waals surface area contributed by atoms with Crippen LogP contribution in [0.4, 0.5) is 0 Å². The van der Waals surface area contributed by atoms with Gasteiger partial charge in [-0.25, -0.2) is 0 Å². The number of Topliss-reactive ketones (excluding diaryl/α,β-unsaturated/α-hetero) is 1. The Balaban J connectivity index is 2.36. The first-order valence-corrected chi connectivity index (χ1v) is 5.92. The fourth-order valence-electron chi connectivity index (χ4n) is 1.64. The van der Waals surface area contributed by atoms with Gasteiger partial charge in [-0.05, 0) is 13.3 Å². The maximum Gasteiger partial charge on any atom is 0.303 e. The zero-order valence-electron chi connectivity index (χ0n) is 11.0. The molecule has 0 bridgehead atoms. The molecule has 0 aliphatic carbocycles. The van der Waals surface area contributed by atoms with E-state index in [1.54, 1.807) is 20.2 Å². The van der Waals surface area contributed by atoms with Gasteiger partial charge in [0.05, 0.1) is 17.8 Å². The molecule has 0 aliphatic heterocycles. The third kappa shape index (κ3) is 4.90. The standard InChI is InChI=1S/C12H17N3O4/c1-8-9(7-15(2)14-8)10(16)6-13-11(17)4-3-5-12(18)19/h7H,3-6H2,1-2H3,(H,13,17)(H,18,19). The highest BCUT2D eigenvalue weighted by Gasteiger charge is 2.13. The molecule has 7 heteroatoms. The van der Waals surface area contributed by atoms with Crippen molar-refractivity contribution < 1.29 is 19.5 Å². The Hall–Kier alpha value is -2.18. The van der Waals surface area contributed by atoms with Crippen molar-refractivity contribution >= 4 is 17.7 Å². The number of carboxylic acids is 1. The van der Waals surface area contributed by atoms with Crippen LogP contribution in [0, 0.1) is 6.92 Å². The fraction of sp³-hybridized carbons (Fsp3) is 0.500. The van der Waals surface area contributed by atoms with E-state index >= 15 is 0 Å². The van der Waals surface area contributed by atoms with Crippen LogP contribution in [-0.4, -0.2) is 39.1 Å². The summed E-state index contributed by atoms with van der Waals surface area (Å²) in [5.74, 6) is -1.47. The van der Waals surface area contributed by atoms with Crippen molar-refractivity contribution in [1.82, 2.24) is 15.1 Å². The van der Waals surface area contributed by atoms with Gasteiger partial charge in [-0.2, -0.15) is 5.10 Å². The summed E-state index contributed by atoms with van der Waals surface area (Å²) in [6, 6.07) is 0. The third-order valence-corrected chi connectivity index (χ3v) is 2.55. The van der Waals surface area contributed by atoms with Crippen LogP contribution in [0.5, 0.6) is 0 Å². The van der Waals surface area contributed by atoms with Gasteiger partial charge in [-0.1, -0.05) is 0 Å². The quantitative estimate of drug-likeness (QED) is 0.691. The van der Waals surface area contributed by atoms with Crippen LogP contribution in [-0.2, 0) is 16.6 Å². The second-order valence-electron chi connectivity index (χ2n) is 4.25. The molecule has 2 N–H and O–H groups in total. The van der Waals surface area contributed by atoms with Crippen LogP contribution in [0.15, 0.2) is 6.20 Å². The molecule has 1 aromatic heterocycles. The Labute approximate surface area is 110 Å². The van der Waals surface area contributed by atoms with Crippen molar-refractivity contribution in [1.29, 1.82) is 0 Å². The number of amides is 1. The number of nitrogens with zero attached hydrogens (tertiary/aromatic N) is 2. The zero-order valence-corrected chi connectivity index (χ0v) is 11.0. The third-order valence-electron chi connectivity index (χ3n) is 2.55. The Morgan fingerprint density at radius 2 is 2.05 bits per heavy atom. The Morgan fingerprint density at radius 3 is 2.58 bits per heavy atom. The number of nitrogens with one attached hydrogen (secondary N) is 1. The van der Waals surface area contributed by atoms with E-state index in [9.17, 15) is 14.4 Å². The summed E-state index contributed by atoms with van der Waals surface area (Å²) in [4.78, 5) is 33.5. The van der Waals surface area contributed by atoms with E-state index < -0.39 is 5.97 Å². The summed E-state index contributed by atoms with van der Waals surface area (Å²) in [5.41, 5.74) is 1.10. The minimum atomic E-state index is -0.935. The Bertz CT molecular complexity index is 493. The molecular formula is C12H17N3O4. The average Bonchev–Trinajstić information content (AvgIpc) is 2.65. The Kier molecular flexibility index (Phi) is 5.23. The highest BCUT2D eigenvalue weighted by molar-refractivity contribution is 6.00. The molecule has 1 aromatic rings. The number of aromatic nitrogens is 2. The van der Waals surface area contributed by atoms with Crippen molar-refractivity contribution in [3.05, 3.63) is 17.5 Å². The minimum absolute atomic E-state index is 0.0525. The van der Waals surface area contributed by atoms with Crippen molar-refractivity contribution in [3.63, 3.8) is 0 Å². The molecule has 0 spiro atoms. The van der Waals surface area contributed by atoms with Gasteiger partial charge in [-0.3, -0.25) is 19.1 Å². The monoisotopic (exact) mass is 267 g/mol. The summed E-state index contributed by atoms with van der Waals surface area (Å²) in [6.45, 7) is 1.63. The van der Waals surface area contributed by atoms with Gasteiger partial charge in [0.1, 0.15) is 0 Å². The van der Waals surface area contributed by atoms with Crippen LogP contribution >= 0.6 is 0 Å². The lowest BCUT2D eigenvalue weighted by molar-refractivity contribution is -0.137. The van der Waals surface area contributed by atoms with Gasteiger partial charge < -0.3 is 10.4 Å². The molecule has 0 atom stereocenters. The number of aliphatic carboxylic acids is 1. The van der Waals surface area contributed by atoms with Gasteiger partial charge in [0, 0.05) is 26.1 Å². The van der Waals surface area contributed by atoms with E-state index in [4.69, 9.17) is 5.11 Å². The van der Waals surface area contributed by atoms with Crippen molar-refractivity contribution in [2.75, 3.05) is 6.54 Å². The number of hydrogen-bond acceptors (Lipinski definition) is 4. The van der Waals surface area contributed by atoms with E-state index in [-0.39, 0.29) is 37.5 Å². The average molecular weight is 267 g/mol. The largest absolute Gasteiger partial charge is 0.481 e. The Morgan fingerprint density at radius 1 is 1.37 bits per heavy atom. The number of carboxylic acid groups (broad SMARTS) is 1. The fourth-order valence-corrected chi connectivity index (χ4v) is 1.64. The van der Waals surface area contributed by atoms with E-state index in [0.717, 1.165) is 0 Å². The number of hydrogen-bond donors (Lipinski definition) is 2. The van der Waals surface area contributed by atoms with E-state index in [0.29, 0.717) is 11.3 Å². The van der Waals surface area contributed by atoms with Crippen LogP contribution < -0.4 is 5.32 Å². The SMILES string of the molecule is Cc1nn(C)cc1C(=O)CNC(=O)CCCC(=O)O. The maximum absolute atomic E-state index is 11.8. The molecule has 0 aromatic carbocycles. The van der Waals surface area contributed by atoms with Crippen molar-refractivity contribution in [3.8, 4) is 0 Å². The molecule has 0 aliphatic rings. The van der Waals surface area contributed by atoms with Crippen molar-refractivity contribution in [2.45, 2.75) is 26.2 Å². The van der Waals surface area contributed by atoms with Crippen LogP contribution in [0.1, 0.15) is 35.3 Å². The number of rotatable bonds is 7. The molecule has 19 heavy (non-hydrogen) atoms. The molecule has 1 amide bonds. The molecule has 0 fully saturated rings. The smallest absolute Gasteiger partial charge is 0.303 e. The van der Waals surface area contributed by atoms with Gasteiger partial charge in [-0.15, -0.1) is 0 Å².